The lowest BCUT2D eigenvalue weighted by Gasteiger charge is -2.17. The van der Waals surface area contributed by atoms with E-state index in [2.05, 4.69) is 6.92 Å². The number of unbranched alkanes of at least 4 members (excludes halogenated alkanes) is 1. The van der Waals surface area contributed by atoms with Crippen LogP contribution in [0.5, 0.6) is 0 Å². The number of aliphatic hydroxyl groups excluding tert-OH is 2. The van der Waals surface area contributed by atoms with Gasteiger partial charge in [-0.2, -0.15) is 0 Å². The van der Waals surface area contributed by atoms with Crippen LogP contribution in [0.15, 0.2) is 0 Å². The average Bonchev–Trinajstić information content (AvgIpc) is 2.03. The maximum absolute atomic E-state index is 9.02. The van der Waals surface area contributed by atoms with Crippen molar-refractivity contribution in [3.8, 4) is 0 Å². The molecule has 82 valence electrons. The summed E-state index contributed by atoms with van der Waals surface area (Å²) in [5, 5.41) is 24.3. The number of hydrogen-bond acceptors (Lipinski definition) is 4. The van der Waals surface area contributed by atoms with E-state index >= 15 is 0 Å². The zero-order valence-electron chi connectivity index (χ0n) is 8.79. The van der Waals surface area contributed by atoms with E-state index < -0.39 is 5.79 Å². The summed E-state index contributed by atoms with van der Waals surface area (Å²) in [6, 6.07) is 0. The molecular formula is C9H22O4. The molecule has 0 radical (unpaired) electrons. The monoisotopic (exact) mass is 194 g/mol. The Balaban J connectivity index is 0. The van der Waals surface area contributed by atoms with Crippen molar-refractivity contribution in [3.05, 3.63) is 0 Å². The first-order chi connectivity index (χ1) is 5.97. The maximum Gasteiger partial charge on any atom is 0.159 e. The van der Waals surface area contributed by atoms with Crippen molar-refractivity contribution in [1.29, 1.82) is 0 Å². The van der Waals surface area contributed by atoms with Crippen molar-refractivity contribution in [2.45, 2.75) is 39.4 Å². The predicted octanol–water partition coefficient (Wildman–Crippen LogP) is 0.502. The molecule has 4 heteroatoms. The van der Waals surface area contributed by atoms with Crippen LogP contribution in [0.2, 0.25) is 0 Å². The van der Waals surface area contributed by atoms with Crippen LogP contribution < -0.4 is 0 Å². The Morgan fingerprint density at radius 2 is 1.62 bits per heavy atom. The van der Waals surface area contributed by atoms with Gasteiger partial charge in [0, 0.05) is 6.61 Å². The second-order valence-corrected chi connectivity index (χ2v) is 3.10. The Morgan fingerprint density at radius 1 is 1.15 bits per heavy atom. The molecule has 0 saturated heterocycles. The van der Waals surface area contributed by atoms with Crippen LogP contribution in [0.1, 0.15) is 33.6 Å². The first-order valence-electron chi connectivity index (χ1n) is 4.56. The molecule has 0 aliphatic rings. The van der Waals surface area contributed by atoms with Crippen LogP contribution in [0, 0.1) is 0 Å². The van der Waals surface area contributed by atoms with Gasteiger partial charge in [-0.3, -0.25) is 0 Å². The summed E-state index contributed by atoms with van der Waals surface area (Å²) >= 11 is 0. The summed E-state index contributed by atoms with van der Waals surface area (Å²) < 4.78 is 5.03. The van der Waals surface area contributed by atoms with Crippen LogP contribution in [0.4, 0.5) is 0 Å². The summed E-state index contributed by atoms with van der Waals surface area (Å²) in [4.78, 5) is 0. The van der Waals surface area contributed by atoms with Crippen molar-refractivity contribution >= 4 is 0 Å². The SMILES string of the molecule is CCCCOC(C)(C)O.OCCO. The van der Waals surface area contributed by atoms with E-state index in [1.54, 1.807) is 13.8 Å². The molecule has 0 aromatic heterocycles. The molecule has 0 heterocycles. The second kappa shape index (κ2) is 9.92. The van der Waals surface area contributed by atoms with Gasteiger partial charge >= 0.3 is 0 Å². The Morgan fingerprint density at radius 3 is 1.85 bits per heavy atom. The summed E-state index contributed by atoms with van der Waals surface area (Å²) in [5.41, 5.74) is 0. The van der Waals surface area contributed by atoms with E-state index in [9.17, 15) is 0 Å². The molecular weight excluding hydrogens is 172 g/mol. The zero-order chi connectivity index (χ0) is 10.7. The summed E-state index contributed by atoms with van der Waals surface area (Å²) in [5.74, 6) is -0.949. The quantitative estimate of drug-likeness (QED) is 0.440. The molecule has 0 bridgehead atoms. The lowest BCUT2D eigenvalue weighted by Crippen LogP contribution is -2.23. The first-order valence-corrected chi connectivity index (χ1v) is 4.56. The van der Waals surface area contributed by atoms with Crippen LogP contribution in [-0.2, 0) is 4.74 Å². The van der Waals surface area contributed by atoms with Gasteiger partial charge in [-0.1, -0.05) is 13.3 Å². The second-order valence-electron chi connectivity index (χ2n) is 3.10. The highest BCUT2D eigenvalue weighted by Crippen LogP contribution is 2.03. The third-order valence-electron chi connectivity index (χ3n) is 1.05. The van der Waals surface area contributed by atoms with Crippen LogP contribution in [0.25, 0.3) is 0 Å². The Hall–Kier alpha value is -0.160. The standard InChI is InChI=1S/C7H16O2.C2H6O2/c1-4-5-6-9-7(2,3)8;3-1-2-4/h8H,4-6H2,1-3H3;3-4H,1-2H2. The third-order valence-corrected chi connectivity index (χ3v) is 1.05. The fourth-order valence-corrected chi connectivity index (χ4v) is 0.466. The smallest absolute Gasteiger partial charge is 0.159 e. The summed E-state index contributed by atoms with van der Waals surface area (Å²) in [6.07, 6.45) is 2.13. The minimum Gasteiger partial charge on any atom is -0.394 e. The van der Waals surface area contributed by atoms with E-state index in [-0.39, 0.29) is 13.2 Å². The van der Waals surface area contributed by atoms with Gasteiger partial charge in [0.05, 0.1) is 13.2 Å². The fourth-order valence-electron chi connectivity index (χ4n) is 0.466. The molecule has 13 heavy (non-hydrogen) atoms. The molecule has 0 aromatic carbocycles. The Labute approximate surface area is 80.2 Å². The minimum absolute atomic E-state index is 0.125. The fraction of sp³-hybridized carbons (Fsp3) is 1.00. The molecule has 0 spiro atoms. The summed E-state index contributed by atoms with van der Waals surface area (Å²) in [7, 11) is 0. The van der Waals surface area contributed by atoms with Gasteiger partial charge in [0.1, 0.15) is 0 Å². The Bertz CT molecular complexity index is 86.1. The van der Waals surface area contributed by atoms with Crippen LogP contribution in [0.3, 0.4) is 0 Å². The van der Waals surface area contributed by atoms with Gasteiger partial charge in [-0.05, 0) is 20.3 Å². The number of hydrogen-bond donors (Lipinski definition) is 3. The highest BCUT2D eigenvalue weighted by molar-refractivity contribution is 4.47. The molecule has 0 aliphatic carbocycles. The number of aliphatic hydroxyl groups is 3. The third kappa shape index (κ3) is 24.5. The largest absolute Gasteiger partial charge is 0.394 e. The molecule has 0 amide bonds. The van der Waals surface area contributed by atoms with Gasteiger partial charge in [-0.15, -0.1) is 0 Å². The minimum atomic E-state index is -0.949. The molecule has 4 nitrogen and oxygen atoms in total. The van der Waals surface area contributed by atoms with Gasteiger partial charge in [0.25, 0.3) is 0 Å². The number of rotatable bonds is 5. The Kier molecular flexibility index (Phi) is 11.7. The molecule has 0 rings (SSSR count). The van der Waals surface area contributed by atoms with E-state index in [1.807, 2.05) is 0 Å². The van der Waals surface area contributed by atoms with Crippen molar-refractivity contribution in [3.63, 3.8) is 0 Å². The molecule has 0 unspecified atom stereocenters. The highest BCUT2D eigenvalue weighted by atomic mass is 16.6. The maximum atomic E-state index is 9.02. The lowest BCUT2D eigenvalue weighted by atomic mass is 10.3. The highest BCUT2D eigenvalue weighted by Gasteiger charge is 2.10. The molecule has 0 aliphatic heterocycles. The first kappa shape index (κ1) is 15.3. The normalized spacial score (nSPS) is 10.6. The van der Waals surface area contributed by atoms with Crippen molar-refractivity contribution < 1.29 is 20.1 Å². The van der Waals surface area contributed by atoms with Gasteiger partial charge in [-0.25, -0.2) is 0 Å². The summed E-state index contributed by atoms with van der Waals surface area (Å²) in [6.45, 7) is 5.78. The van der Waals surface area contributed by atoms with Gasteiger partial charge in [0.15, 0.2) is 5.79 Å². The molecule has 0 fully saturated rings. The predicted molar refractivity (Wildman–Crippen MR) is 51.3 cm³/mol. The zero-order valence-corrected chi connectivity index (χ0v) is 8.79. The lowest BCUT2D eigenvalue weighted by molar-refractivity contribution is -0.176. The van der Waals surface area contributed by atoms with Crippen LogP contribution in [-0.4, -0.2) is 40.9 Å². The molecule has 0 aromatic rings. The van der Waals surface area contributed by atoms with Crippen molar-refractivity contribution in [2.24, 2.45) is 0 Å². The van der Waals surface area contributed by atoms with Crippen LogP contribution >= 0.6 is 0 Å². The molecule has 0 atom stereocenters. The average molecular weight is 194 g/mol. The van der Waals surface area contributed by atoms with E-state index in [0.29, 0.717) is 6.61 Å². The van der Waals surface area contributed by atoms with Crippen molar-refractivity contribution in [1.82, 2.24) is 0 Å². The van der Waals surface area contributed by atoms with Gasteiger partial charge < -0.3 is 20.1 Å². The van der Waals surface area contributed by atoms with E-state index in [0.717, 1.165) is 12.8 Å². The van der Waals surface area contributed by atoms with E-state index in [1.165, 1.54) is 0 Å². The number of ether oxygens (including phenoxy) is 1. The van der Waals surface area contributed by atoms with E-state index in [4.69, 9.17) is 20.1 Å². The van der Waals surface area contributed by atoms with Gasteiger partial charge in [0.2, 0.25) is 0 Å². The molecule has 3 N–H and O–H groups in total. The van der Waals surface area contributed by atoms with Crippen molar-refractivity contribution in [2.75, 3.05) is 19.8 Å². The topological polar surface area (TPSA) is 69.9 Å². The molecule has 0 saturated carbocycles.